The molecule has 2 N–H and O–H groups in total. The lowest BCUT2D eigenvalue weighted by atomic mass is 9.98. The van der Waals surface area contributed by atoms with Gasteiger partial charge >= 0.3 is 0 Å². The Kier molecular flexibility index (Phi) is 6.87. The van der Waals surface area contributed by atoms with E-state index in [2.05, 4.69) is 24.9 Å². The minimum Gasteiger partial charge on any atom is -0.324 e. The van der Waals surface area contributed by atoms with Gasteiger partial charge in [-0.1, -0.05) is 45.4 Å². The lowest BCUT2D eigenvalue weighted by Crippen LogP contribution is -2.11. The molecular formula is C15H26N2. The van der Waals surface area contributed by atoms with Crippen molar-refractivity contribution in [2.75, 3.05) is 0 Å². The number of aromatic nitrogens is 1. The summed E-state index contributed by atoms with van der Waals surface area (Å²) in [6, 6.07) is 2.24. The average molecular weight is 234 g/mol. The highest BCUT2D eigenvalue weighted by molar-refractivity contribution is 5.24. The number of pyridine rings is 1. The predicted octanol–water partition coefficient (Wildman–Crippen LogP) is 4.14. The van der Waals surface area contributed by atoms with E-state index in [9.17, 15) is 0 Å². The molecule has 0 bridgehead atoms. The van der Waals surface area contributed by atoms with E-state index in [0.29, 0.717) is 0 Å². The van der Waals surface area contributed by atoms with Crippen LogP contribution >= 0.6 is 0 Å². The number of nitrogens with zero attached hydrogens (tertiary/aromatic N) is 1. The Morgan fingerprint density at radius 3 is 2.59 bits per heavy atom. The van der Waals surface area contributed by atoms with E-state index in [1.807, 2.05) is 12.4 Å². The highest BCUT2D eigenvalue weighted by Gasteiger charge is 2.07. The van der Waals surface area contributed by atoms with Crippen LogP contribution in [0.5, 0.6) is 0 Å². The van der Waals surface area contributed by atoms with Crippen LogP contribution in [0.2, 0.25) is 0 Å². The summed E-state index contributed by atoms with van der Waals surface area (Å²) >= 11 is 0. The predicted molar refractivity (Wildman–Crippen MR) is 73.9 cm³/mol. The molecule has 1 unspecified atom stereocenters. The summed E-state index contributed by atoms with van der Waals surface area (Å²) in [6.07, 6.45) is 12.8. The Morgan fingerprint density at radius 1 is 1.18 bits per heavy atom. The van der Waals surface area contributed by atoms with E-state index in [1.165, 1.54) is 49.7 Å². The van der Waals surface area contributed by atoms with Crippen LogP contribution in [0.4, 0.5) is 0 Å². The van der Waals surface area contributed by atoms with Crippen LogP contribution in [0.1, 0.15) is 69.0 Å². The molecule has 0 spiro atoms. The molecule has 96 valence electrons. The molecular weight excluding hydrogens is 208 g/mol. The van der Waals surface area contributed by atoms with Crippen LogP contribution in [0.3, 0.4) is 0 Å². The first-order valence-electron chi connectivity index (χ1n) is 6.91. The molecule has 1 heterocycles. The Labute approximate surface area is 106 Å². The Morgan fingerprint density at radius 2 is 1.88 bits per heavy atom. The first kappa shape index (κ1) is 14.2. The van der Waals surface area contributed by atoms with E-state index in [-0.39, 0.29) is 6.04 Å². The standard InChI is InChI=1S/C15H26N2/c1-3-4-5-6-7-8-9-15(16)14-10-11-17-12-13(14)2/h10-12,15H,3-9,16H2,1-2H3. The monoisotopic (exact) mass is 234 g/mol. The van der Waals surface area contributed by atoms with E-state index in [4.69, 9.17) is 5.73 Å². The van der Waals surface area contributed by atoms with Gasteiger partial charge in [0.1, 0.15) is 0 Å². The van der Waals surface area contributed by atoms with Crippen LogP contribution in [-0.2, 0) is 0 Å². The van der Waals surface area contributed by atoms with Gasteiger partial charge in [0.05, 0.1) is 0 Å². The smallest absolute Gasteiger partial charge is 0.0300 e. The molecule has 0 fully saturated rings. The zero-order chi connectivity index (χ0) is 12.5. The van der Waals surface area contributed by atoms with Crippen LogP contribution in [0, 0.1) is 6.92 Å². The molecule has 1 rings (SSSR count). The van der Waals surface area contributed by atoms with Crippen molar-refractivity contribution in [2.24, 2.45) is 5.73 Å². The molecule has 1 atom stereocenters. The maximum Gasteiger partial charge on any atom is 0.0300 e. The molecule has 0 aliphatic carbocycles. The molecule has 0 aliphatic heterocycles. The van der Waals surface area contributed by atoms with Crippen molar-refractivity contribution in [2.45, 2.75) is 64.8 Å². The second-order valence-electron chi connectivity index (χ2n) is 4.90. The summed E-state index contributed by atoms with van der Waals surface area (Å²) in [6.45, 7) is 4.34. The van der Waals surface area contributed by atoms with Crippen molar-refractivity contribution in [1.82, 2.24) is 4.98 Å². The number of aryl methyl sites for hydroxylation is 1. The first-order chi connectivity index (χ1) is 8.25. The molecule has 0 aliphatic rings. The van der Waals surface area contributed by atoms with Crippen molar-refractivity contribution in [3.05, 3.63) is 29.6 Å². The molecule has 0 radical (unpaired) electrons. The van der Waals surface area contributed by atoms with Gasteiger partial charge in [-0.2, -0.15) is 0 Å². The minimum atomic E-state index is 0.184. The quantitative estimate of drug-likeness (QED) is 0.686. The average Bonchev–Trinajstić information content (AvgIpc) is 2.34. The summed E-state index contributed by atoms with van der Waals surface area (Å²) in [4.78, 5) is 4.10. The Hall–Kier alpha value is -0.890. The van der Waals surface area contributed by atoms with Gasteiger partial charge in [0.25, 0.3) is 0 Å². The zero-order valence-corrected chi connectivity index (χ0v) is 11.3. The third-order valence-electron chi connectivity index (χ3n) is 3.33. The molecule has 17 heavy (non-hydrogen) atoms. The molecule has 0 amide bonds. The van der Waals surface area contributed by atoms with Gasteiger partial charge in [0.2, 0.25) is 0 Å². The number of nitrogens with two attached hydrogens (primary N) is 1. The number of hydrogen-bond acceptors (Lipinski definition) is 2. The third-order valence-corrected chi connectivity index (χ3v) is 3.33. The molecule has 0 aromatic carbocycles. The molecule has 2 nitrogen and oxygen atoms in total. The summed E-state index contributed by atoms with van der Waals surface area (Å²) in [5.41, 5.74) is 8.68. The van der Waals surface area contributed by atoms with Crippen molar-refractivity contribution >= 4 is 0 Å². The maximum absolute atomic E-state index is 6.21. The molecule has 1 aromatic heterocycles. The number of unbranched alkanes of at least 4 members (excludes halogenated alkanes) is 5. The van der Waals surface area contributed by atoms with Gasteiger partial charge in [-0.05, 0) is 30.5 Å². The Bertz CT molecular complexity index is 310. The highest BCUT2D eigenvalue weighted by Crippen LogP contribution is 2.20. The SMILES string of the molecule is CCCCCCCCC(N)c1ccncc1C. The molecule has 2 heteroatoms. The van der Waals surface area contributed by atoms with Crippen LogP contribution in [0.25, 0.3) is 0 Å². The van der Waals surface area contributed by atoms with Crippen LogP contribution in [0.15, 0.2) is 18.5 Å². The van der Waals surface area contributed by atoms with Crippen LogP contribution < -0.4 is 5.73 Å². The highest BCUT2D eigenvalue weighted by atomic mass is 14.7. The first-order valence-corrected chi connectivity index (χ1v) is 6.91. The van der Waals surface area contributed by atoms with Gasteiger partial charge in [-0.3, -0.25) is 4.98 Å². The zero-order valence-electron chi connectivity index (χ0n) is 11.3. The summed E-state index contributed by atoms with van der Waals surface area (Å²) in [7, 11) is 0. The van der Waals surface area contributed by atoms with Gasteiger partial charge in [0.15, 0.2) is 0 Å². The van der Waals surface area contributed by atoms with Gasteiger partial charge in [-0.25, -0.2) is 0 Å². The lowest BCUT2D eigenvalue weighted by molar-refractivity contribution is 0.546. The normalized spacial score (nSPS) is 12.6. The van der Waals surface area contributed by atoms with E-state index in [0.717, 1.165) is 6.42 Å². The van der Waals surface area contributed by atoms with Gasteiger partial charge < -0.3 is 5.73 Å². The second-order valence-corrected chi connectivity index (χ2v) is 4.90. The number of rotatable bonds is 8. The number of hydrogen-bond donors (Lipinski definition) is 1. The molecule has 1 aromatic rings. The minimum absolute atomic E-state index is 0.184. The van der Waals surface area contributed by atoms with Crippen molar-refractivity contribution in [3.8, 4) is 0 Å². The van der Waals surface area contributed by atoms with Crippen LogP contribution in [-0.4, -0.2) is 4.98 Å². The Balaban J connectivity index is 2.21. The fourth-order valence-electron chi connectivity index (χ4n) is 2.20. The van der Waals surface area contributed by atoms with Crippen molar-refractivity contribution in [3.63, 3.8) is 0 Å². The largest absolute Gasteiger partial charge is 0.324 e. The summed E-state index contributed by atoms with van der Waals surface area (Å²) in [5, 5.41) is 0. The van der Waals surface area contributed by atoms with Gasteiger partial charge in [-0.15, -0.1) is 0 Å². The fourth-order valence-corrected chi connectivity index (χ4v) is 2.20. The van der Waals surface area contributed by atoms with Gasteiger partial charge in [0, 0.05) is 18.4 Å². The molecule has 0 saturated carbocycles. The van der Waals surface area contributed by atoms with Crippen molar-refractivity contribution in [1.29, 1.82) is 0 Å². The lowest BCUT2D eigenvalue weighted by Gasteiger charge is -2.14. The van der Waals surface area contributed by atoms with E-state index >= 15 is 0 Å². The third kappa shape index (κ3) is 5.31. The summed E-state index contributed by atoms with van der Waals surface area (Å²) < 4.78 is 0. The summed E-state index contributed by atoms with van der Waals surface area (Å²) in [5.74, 6) is 0. The van der Waals surface area contributed by atoms with E-state index in [1.54, 1.807) is 0 Å². The maximum atomic E-state index is 6.21. The fraction of sp³-hybridized carbons (Fsp3) is 0.667. The molecule has 0 saturated heterocycles. The van der Waals surface area contributed by atoms with Crippen molar-refractivity contribution < 1.29 is 0 Å². The van der Waals surface area contributed by atoms with E-state index < -0.39 is 0 Å². The second kappa shape index (κ2) is 8.24. The topological polar surface area (TPSA) is 38.9 Å².